The van der Waals surface area contributed by atoms with Crippen molar-refractivity contribution >= 4 is 38.3 Å². The monoisotopic (exact) mass is 494 g/mol. The summed E-state index contributed by atoms with van der Waals surface area (Å²) >= 11 is 0. The normalized spacial score (nSPS) is 15.4. The molecular formula is C26H30N4O4S. The summed E-state index contributed by atoms with van der Waals surface area (Å²) in [6.45, 7) is 3.57. The van der Waals surface area contributed by atoms with Gasteiger partial charge in [0.15, 0.2) is 0 Å². The fourth-order valence-corrected chi connectivity index (χ4v) is 5.36. The summed E-state index contributed by atoms with van der Waals surface area (Å²) in [6.07, 6.45) is 1.26. The molecule has 1 aliphatic carbocycles. The predicted molar refractivity (Wildman–Crippen MR) is 138 cm³/mol. The standard InChI is InChI=1S/C26H30N4O4S/c1-16-10-11-19(30-26(32)24(27)15-28-35(33,34)20-12-13-20)14-23(16)25(31)29-17(2)21-9-5-7-18-6-3-4-8-22(18)21/h3-11,14,17,20,24,28H,12-13,15,27H2,1-2H3,(H,29,31)(H,30,32)/t17-,24+/m1/s1. The first-order valence-corrected chi connectivity index (χ1v) is 13.1. The van der Waals surface area contributed by atoms with Crippen LogP contribution in [-0.2, 0) is 14.8 Å². The topological polar surface area (TPSA) is 130 Å². The summed E-state index contributed by atoms with van der Waals surface area (Å²) in [5, 5.41) is 7.52. The van der Waals surface area contributed by atoms with Crippen molar-refractivity contribution in [1.82, 2.24) is 10.0 Å². The maximum atomic E-state index is 13.1. The molecule has 184 valence electrons. The molecule has 5 N–H and O–H groups in total. The average Bonchev–Trinajstić information content (AvgIpc) is 3.69. The molecule has 1 fully saturated rings. The lowest BCUT2D eigenvalue weighted by atomic mass is 9.99. The summed E-state index contributed by atoms with van der Waals surface area (Å²) in [4.78, 5) is 25.6. The van der Waals surface area contributed by atoms with Crippen LogP contribution < -0.4 is 21.1 Å². The van der Waals surface area contributed by atoms with Gasteiger partial charge in [-0.3, -0.25) is 9.59 Å². The van der Waals surface area contributed by atoms with Gasteiger partial charge in [0.25, 0.3) is 5.91 Å². The van der Waals surface area contributed by atoms with Crippen molar-refractivity contribution in [1.29, 1.82) is 0 Å². The van der Waals surface area contributed by atoms with Crippen molar-refractivity contribution in [3.63, 3.8) is 0 Å². The maximum Gasteiger partial charge on any atom is 0.252 e. The summed E-state index contributed by atoms with van der Waals surface area (Å²) in [7, 11) is -3.42. The summed E-state index contributed by atoms with van der Waals surface area (Å²) < 4.78 is 26.3. The molecule has 0 radical (unpaired) electrons. The van der Waals surface area contributed by atoms with E-state index in [4.69, 9.17) is 5.73 Å². The van der Waals surface area contributed by atoms with Crippen molar-refractivity contribution in [3.8, 4) is 0 Å². The van der Waals surface area contributed by atoms with Gasteiger partial charge in [-0.05, 0) is 60.7 Å². The van der Waals surface area contributed by atoms with Crippen LogP contribution in [-0.4, -0.2) is 38.1 Å². The second-order valence-corrected chi connectivity index (χ2v) is 11.0. The highest BCUT2D eigenvalue weighted by Crippen LogP contribution is 2.27. The largest absolute Gasteiger partial charge is 0.345 e. The molecule has 0 unspecified atom stereocenters. The number of anilines is 1. The molecule has 1 aliphatic rings. The van der Waals surface area contributed by atoms with Crippen molar-refractivity contribution < 1.29 is 18.0 Å². The van der Waals surface area contributed by atoms with Crippen LogP contribution in [0.5, 0.6) is 0 Å². The molecule has 2 atom stereocenters. The Kier molecular flexibility index (Phi) is 7.20. The Morgan fingerprint density at radius 1 is 1.06 bits per heavy atom. The predicted octanol–water partition coefficient (Wildman–Crippen LogP) is 2.99. The smallest absolute Gasteiger partial charge is 0.252 e. The molecule has 2 amide bonds. The number of nitrogens with two attached hydrogens (primary N) is 1. The van der Waals surface area contributed by atoms with Gasteiger partial charge in [-0.1, -0.05) is 48.5 Å². The van der Waals surface area contributed by atoms with E-state index in [9.17, 15) is 18.0 Å². The minimum Gasteiger partial charge on any atom is -0.345 e. The number of benzene rings is 3. The third-order valence-corrected chi connectivity index (χ3v) is 8.11. The van der Waals surface area contributed by atoms with Crippen molar-refractivity contribution in [2.75, 3.05) is 11.9 Å². The molecule has 0 heterocycles. The van der Waals surface area contributed by atoms with E-state index in [1.165, 1.54) is 0 Å². The Bertz CT molecular complexity index is 1360. The van der Waals surface area contributed by atoms with Crippen LogP contribution in [0.25, 0.3) is 10.8 Å². The number of fused-ring (bicyclic) bond motifs is 1. The second kappa shape index (κ2) is 10.2. The Morgan fingerprint density at radius 3 is 2.51 bits per heavy atom. The Balaban J connectivity index is 1.42. The lowest BCUT2D eigenvalue weighted by Crippen LogP contribution is -2.45. The fraction of sp³-hybridized carbons (Fsp3) is 0.308. The van der Waals surface area contributed by atoms with Gasteiger partial charge >= 0.3 is 0 Å². The van der Waals surface area contributed by atoms with Crippen LogP contribution in [0.2, 0.25) is 0 Å². The van der Waals surface area contributed by atoms with Gasteiger partial charge in [-0.25, -0.2) is 13.1 Å². The Labute approximate surface area is 205 Å². The van der Waals surface area contributed by atoms with Gasteiger partial charge in [0.2, 0.25) is 15.9 Å². The van der Waals surface area contributed by atoms with E-state index in [-0.39, 0.29) is 23.7 Å². The molecule has 3 aromatic rings. The van der Waals surface area contributed by atoms with E-state index >= 15 is 0 Å². The number of amides is 2. The Hall–Kier alpha value is -3.27. The van der Waals surface area contributed by atoms with Gasteiger partial charge in [-0.15, -0.1) is 0 Å². The van der Waals surface area contributed by atoms with E-state index in [1.807, 2.05) is 56.3 Å². The fourth-order valence-electron chi connectivity index (χ4n) is 3.95. The molecular weight excluding hydrogens is 464 g/mol. The van der Waals surface area contributed by atoms with Gasteiger partial charge in [0.1, 0.15) is 0 Å². The number of aryl methyl sites for hydroxylation is 1. The molecule has 0 aromatic heterocycles. The van der Waals surface area contributed by atoms with Gasteiger partial charge < -0.3 is 16.4 Å². The van der Waals surface area contributed by atoms with Gasteiger partial charge in [0.05, 0.1) is 17.3 Å². The van der Waals surface area contributed by atoms with Crippen molar-refractivity contribution in [2.45, 2.75) is 44.0 Å². The van der Waals surface area contributed by atoms with Crippen molar-refractivity contribution in [3.05, 3.63) is 77.4 Å². The first-order chi connectivity index (χ1) is 16.7. The SMILES string of the molecule is Cc1ccc(NC(=O)[C@@H](N)CNS(=O)(=O)C2CC2)cc1C(=O)N[C@H](C)c1cccc2ccccc12. The highest BCUT2D eigenvalue weighted by Gasteiger charge is 2.35. The van der Waals surface area contributed by atoms with E-state index in [0.717, 1.165) is 21.9 Å². The number of hydrogen-bond donors (Lipinski definition) is 4. The summed E-state index contributed by atoms with van der Waals surface area (Å²) in [5.41, 5.74) is 8.48. The number of sulfonamides is 1. The molecule has 9 heteroatoms. The quantitative estimate of drug-likeness (QED) is 0.363. The first-order valence-electron chi connectivity index (χ1n) is 11.6. The van der Waals surface area contributed by atoms with Crippen LogP contribution in [0.15, 0.2) is 60.7 Å². The van der Waals surface area contributed by atoms with E-state index in [2.05, 4.69) is 15.4 Å². The molecule has 0 bridgehead atoms. The minimum absolute atomic E-state index is 0.188. The zero-order chi connectivity index (χ0) is 25.2. The third-order valence-electron chi connectivity index (χ3n) is 6.19. The lowest BCUT2D eigenvalue weighted by molar-refractivity contribution is -0.117. The molecule has 0 saturated heterocycles. The number of hydrogen-bond acceptors (Lipinski definition) is 5. The second-order valence-electron chi connectivity index (χ2n) is 8.98. The zero-order valence-electron chi connectivity index (χ0n) is 19.7. The van der Waals surface area contributed by atoms with Crippen LogP contribution in [0, 0.1) is 6.92 Å². The van der Waals surface area contributed by atoms with Crippen LogP contribution in [0.3, 0.4) is 0 Å². The van der Waals surface area contributed by atoms with E-state index in [1.54, 1.807) is 18.2 Å². The minimum atomic E-state index is -3.42. The summed E-state index contributed by atoms with van der Waals surface area (Å²) in [6, 6.07) is 17.7. The maximum absolute atomic E-state index is 13.1. The van der Waals surface area contributed by atoms with Crippen LogP contribution in [0.4, 0.5) is 5.69 Å². The molecule has 0 aliphatic heterocycles. The van der Waals surface area contributed by atoms with Crippen molar-refractivity contribution in [2.24, 2.45) is 5.73 Å². The lowest BCUT2D eigenvalue weighted by Gasteiger charge is -2.18. The number of rotatable bonds is 9. The van der Waals surface area contributed by atoms with Crippen LogP contribution in [0.1, 0.15) is 47.3 Å². The number of carbonyl (C=O) groups excluding carboxylic acids is 2. The number of nitrogens with one attached hydrogen (secondary N) is 3. The van der Waals surface area contributed by atoms with Crippen LogP contribution >= 0.6 is 0 Å². The van der Waals surface area contributed by atoms with Gasteiger partial charge in [0, 0.05) is 17.8 Å². The molecule has 1 saturated carbocycles. The zero-order valence-corrected chi connectivity index (χ0v) is 20.6. The van der Waals surface area contributed by atoms with Gasteiger partial charge in [-0.2, -0.15) is 0 Å². The Morgan fingerprint density at radius 2 is 1.77 bits per heavy atom. The molecule has 8 nitrogen and oxygen atoms in total. The first kappa shape index (κ1) is 24.8. The summed E-state index contributed by atoms with van der Waals surface area (Å²) in [5.74, 6) is -0.802. The van der Waals surface area contributed by atoms with E-state index < -0.39 is 22.0 Å². The molecule has 0 spiro atoms. The molecule has 3 aromatic carbocycles. The molecule has 35 heavy (non-hydrogen) atoms. The average molecular weight is 495 g/mol. The highest BCUT2D eigenvalue weighted by atomic mass is 32.2. The molecule has 4 rings (SSSR count). The van der Waals surface area contributed by atoms with E-state index in [0.29, 0.717) is 24.1 Å². The highest BCUT2D eigenvalue weighted by molar-refractivity contribution is 7.90. The third kappa shape index (κ3) is 5.87. The number of carbonyl (C=O) groups is 2.